The number of piperidine rings is 1. The van der Waals surface area contributed by atoms with Crippen molar-refractivity contribution in [2.24, 2.45) is 0 Å². The molecule has 20 heavy (non-hydrogen) atoms. The molecule has 1 fully saturated rings. The Bertz CT molecular complexity index is 465. The summed E-state index contributed by atoms with van der Waals surface area (Å²) in [5, 5.41) is 14.7. The number of carboxylic acids is 1. The lowest BCUT2D eigenvalue weighted by molar-refractivity contribution is -0.137. The van der Waals surface area contributed by atoms with Gasteiger partial charge in [-0.05, 0) is 43.5 Å². The summed E-state index contributed by atoms with van der Waals surface area (Å²) in [6, 6.07) is 7.24. The highest BCUT2D eigenvalue weighted by molar-refractivity contribution is 5.94. The molecule has 0 saturated carbocycles. The number of hydrogen-bond acceptors (Lipinski definition) is 3. The van der Waals surface area contributed by atoms with Crippen molar-refractivity contribution in [2.45, 2.75) is 38.1 Å². The van der Waals surface area contributed by atoms with Crippen LogP contribution in [0.4, 0.5) is 5.69 Å². The average Bonchev–Trinajstić information content (AvgIpc) is 2.47. The molecule has 1 amide bonds. The molecule has 2 rings (SSSR count). The molecule has 0 unspecified atom stereocenters. The zero-order valence-electron chi connectivity index (χ0n) is 11.4. The maximum atomic E-state index is 12.0. The lowest BCUT2D eigenvalue weighted by atomic mass is 10.0. The van der Waals surface area contributed by atoms with E-state index in [0.717, 1.165) is 37.1 Å². The predicted molar refractivity (Wildman–Crippen MR) is 76.7 cm³/mol. The highest BCUT2D eigenvalue weighted by Crippen LogP contribution is 2.13. The third-order valence-electron chi connectivity index (χ3n) is 3.48. The maximum absolute atomic E-state index is 12.0. The van der Waals surface area contributed by atoms with Crippen LogP contribution in [0.5, 0.6) is 0 Å². The van der Waals surface area contributed by atoms with Crippen molar-refractivity contribution in [2.75, 3.05) is 11.9 Å². The molecule has 3 N–H and O–H groups in total. The molecular formula is C15H20N2O3. The molecule has 5 heteroatoms. The van der Waals surface area contributed by atoms with Gasteiger partial charge in [0, 0.05) is 12.1 Å². The van der Waals surface area contributed by atoms with E-state index in [1.165, 1.54) is 0 Å². The van der Waals surface area contributed by atoms with Crippen LogP contribution in [0.15, 0.2) is 24.3 Å². The van der Waals surface area contributed by atoms with Gasteiger partial charge in [-0.15, -0.1) is 0 Å². The maximum Gasteiger partial charge on any atom is 0.303 e. The minimum atomic E-state index is -0.800. The minimum Gasteiger partial charge on any atom is -0.481 e. The molecule has 1 saturated heterocycles. The normalized spacial score (nSPS) is 18.5. The van der Waals surface area contributed by atoms with Gasteiger partial charge in [0.05, 0.1) is 6.04 Å². The van der Waals surface area contributed by atoms with E-state index in [1.54, 1.807) is 0 Å². The molecule has 1 atom stereocenters. The van der Waals surface area contributed by atoms with E-state index in [1.807, 2.05) is 24.3 Å². The van der Waals surface area contributed by atoms with Crippen molar-refractivity contribution >= 4 is 17.6 Å². The number of carbonyl (C=O) groups is 2. The van der Waals surface area contributed by atoms with Crippen LogP contribution >= 0.6 is 0 Å². The smallest absolute Gasteiger partial charge is 0.303 e. The molecule has 1 aromatic carbocycles. The second-order valence-corrected chi connectivity index (χ2v) is 5.08. The Kier molecular flexibility index (Phi) is 5.12. The fraction of sp³-hybridized carbons (Fsp3) is 0.467. The number of hydrogen-bond donors (Lipinski definition) is 3. The van der Waals surface area contributed by atoms with Gasteiger partial charge in [0.2, 0.25) is 5.91 Å². The van der Waals surface area contributed by atoms with Gasteiger partial charge in [-0.2, -0.15) is 0 Å². The van der Waals surface area contributed by atoms with Crippen LogP contribution in [-0.4, -0.2) is 29.6 Å². The summed E-state index contributed by atoms with van der Waals surface area (Å²) in [7, 11) is 0. The Morgan fingerprint density at radius 1 is 1.25 bits per heavy atom. The summed E-state index contributed by atoms with van der Waals surface area (Å²) in [5.74, 6) is -0.797. The molecule has 0 bridgehead atoms. The average molecular weight is 276 g/mol. The summed E-state index contributed by atoms with van der Waals surface area (Å²) in [6.45, 7) is 0.895. The summed E-state index contributed by atoms with van der Waals surface area (Å²) >= 11 is 0. The lowest BCUT2D eigenvalue weighted by Crippen LogP contribution is -2.43. The molecule has 0 aliphatic carbocycles. The monoisotopic (exact) mass is 276 g/mol. The second-order valence-electron chi connectivity index (χ2n) is 5.08. The van der Waals surface area contributed by atoms with Crippen LogP contribution in [0.2, 0.25) is 0 Å². The van der Waals surface area contributed by atoms with Gasteiger partial charge in [-0.25, -0.2) is 0 Å². The Balaban J connectivity index is 1.86. The predicted octanol–water partition coefficient (Wildman–Crippen LogP) is 1.78. The number of aryl methyl sites for hydroxylation is 1. The van der Waals surface area contributed by atoms with E-state index in [-0.39, 0.29) is 18.4 Å². The first kappa shape index (κ1) is 14.5. The molecule has 1 aliphatic heterocycles. The highest BCUT2D eigenvalue weighted by atomic mass is 16.4. The van der Waals surface area contributed by atoms with Crippen molar-refractivity contribution in [3.63, 3.8) is 0 Å². The Morgan fingerprint density at radius 2 is 2.00 bits per heavy atom. The molecule has 5 nitrogen and oxygen atoms in total. The lowest BCUT2D eigenvalue weighted by Gasteiger charge is -2.22. The van der Waals surface area contributed by atoms with Crippen LogP contribution in [-0.2, 0) is 16.0 Å². The number of rotatable bonds is 5. The SMILES string of the molecule is O=C(O)CCc1ccc(NC(=O)[C@H]2CCCCN2)cc1. The number of anilines is 1. The number of carbonyl (C=O) groups excluding carboxylic acids is 1. The van der Waals surface area contributed by atoms with Crippen molar-refractivity contribution < 1.29 is 14.7 Å². The van der Waals surface area contributed by atoms with Crippen LogP contribution in [0.3, 0.4) is 0 Å². The first-order chi connectivity index (χ1) is 9.65. The van der Waals surface area contributed by atoms with Crippen molar-refractivity contribution in [3.8, 4) is 0 Å². The zero-order valence-corrected chi connectivity index (χ0v) is 11.4. The number of amides is 1. The minimum absolute atomic E-state index is 0.00276. The molecule has 1 aliphatic rings. The number of aliphatic carboxylic acids is 1. The highest BCUT2D eigenvalue weighted by Gasteiger charge is 2.20. The Hall–Kier alpha value is -1.88. The molecule has 1 aromatic rings. The Labute approximate surface area is 118 Å². The van der Waals surface area contributed by atoms with Gasteiger partial charge in [0.25, 0.3) is 0 Å². The third kappa shape index (κ3) is 4.35. The number of carboxylic acid groups (broad SMARTS) is 1. The molecule has 0 spiro atoms. The van der Waals surface area contributed by atoms with Crippen LogP contribution in [0, 0.1) is 0 Å². The molecule has 0 aromatic heterocycles. The van der Waals surface area contributed by atoms with Gasteiger partial charge in [-0.3, -0.25) is 9.59 Å². The van der Waals surface area contributed by atoms with E-state index in [9.17, 15) is 9.59 Å². The first-order valence-corrected chi connectivity index (χ1v) is 7.00. The van der Waals surface area contributed by atoms with Crippen LogP contribution < -0.4 is 10.6 Å². The van der Waals surface area contributed by atoms with E-state index in [0.29, 0.717) is 6.42 Å². The summed E-state index contributed by atoms with van der Waals surface area (Å²) < 4.78 is 0. The van der Waals surface area contributed by atoms with E-state index >= 15 is 0 Å². The summed E-state index contributed by atoms with van der Waals surface area (Å²) in [4.78, 5) is 22.5. The number of benzene rings is 1. The van der Waals surface area contributed by atoms with Gasteiger partial charge < -0.3 is 15.7 Å². The first-order valence-electron chi connectivity index (χ1n) is 7.00. The van der Waals surface area contributed by atoms with E-state index < -0.39 is 5.97 Å². The van der Waals surface area contributed by atoms with Crippen LogP contribution in [0.25, 0.3) is 0 Å². The van der Waals surface area contributed by atoms with E-state index in [4.69, 9.17) is 5.11 Å². The van der Waals surface area contributed by atoms with Crippen molar-refractivity contribution in [1.29, 1.82) is 0 Å². The standard InChI is InChI=1S/C15H20N2O3/c18-14(19)9-6-11-4-7-12(8-5-11)17-15(20)13-3-1-2-10-16-13/h4-5,7-8,13,16H,1-3,6,9-10H2,(H,17,20)(H,18,19)/t13-/m1/s1. The number of nitrogens with one attached hydrogen (secondary N) is 2. The van der Waals surface area contributed by atoms with Gasteiger partial charge in [0.15, 0.2) is 0 Å². The van der Waals surface area contributed by atoms with Crippen molar-refractivity contribution in [1.82, 2.24) is 5.32 Å². The van der Waals surface area contributed by atoms with E-state index in [2.05, 4.69) is 10.6 Å². The molecule has 0 radical (unpaired) electrons. The molecule has 108 valence electrons. The largest absolute Gasteiger partial charge is 0.481 e. The topological polar surface area (TPSA) is 78.4 Å². The zero-order chi connectivity index (χ0) is 14.4. The van der Waals surface area contributed by atoms with Gasteiger partial charge in [0.1, 0.15) is 0 Å². The fourth-order valence-electron chi connectivity index (χ4n) is 2.31. The summed E-state index contributed by atoms with van der Waals surface area (Å²) in [5.41, 5.74) is 1.71. The van der Waals surface area contributed by atoms with Gasteiger partial charge in [-0.1, -0.05) is 18.6 Å². The molecule has 1 heterocycles. The van der Waals surface area contributed by atoms with Gasteiger partial charge >= 0.3 is 5.97 Å². The fourth-order valence-corrected chi connectivity index (χ4v) is 2.31. The third-order valence-corrected chi connectivity index (χ3v) is 3.48. The quantitative estimate of drug-likeness (QED) is 0.766. The molecular weight excluding hydrogens is 256 g/mol. The second kappa shape index (κ2) is 7.05. The van der Waals surface area contributed by atoms with Crippen LogP contribution in [0.1, 0.15) is 31.2 Å². The van der Waals surface area contributed by atoms with Crippen molar-refractivity contribution in [3.05, 3.63) is 29.8 Å². The summed E-state index contributed by atoms with van der Waals surface area (Å²) in [6.07, 6.45) is 3.72. The Morgan fingerprint density at radius 3 is 2.60 bits per heavy atom.